The number of fused-ring (bicyclic) bond motifs is 1. The largest absolute Gasteiger partial charge is 0.344 e. The molecule has 0 bridgehead atoms. The van der Waals surface area contributed by atoms with Gasteiger partial charge in [-0.3, -0.25) is 10.4 Å². The number of nitrogens with one attached hydrogen (secondary N) is 1. The summed E-state index contributed by atoms with van der Waals surface area (Å²) in [7, 11) is 0. The smallest absolute Gasteiger partial charge is 0.128 e. The second-order valence-corrected chi connectivity index (χ2v) is 6.01. The Morgan fingerprint density at radius 1 is 1.33 bits per heavy atom. The summed E-state index contributed by atoms with van der Waals surface area (Å²) in [6.07, 6.45) is 12.8. The van der Waals surface area contributed by atoms with Crippen molar-refractivity contribution in [3.05, 3.63) is 77.3 Å². The number of pyridine rings is 2. The lowest BCUT2D eigenvalue weighted by molar-refractivity contribution is 0.577. The average molecular weight is 318 g/mol. The maximum atomic E-state index is 8.06. The van der Waals surface area contributed by atoms with E-state index >= 15 is 0 Å². The fourth-order valence-corrected chi connectivity index (χ4v) is 2.78. The van der Waals surface area contributed by atoms with E-state index in [9.17, 15) is 0 Å². The molecule has 0 unspecified atom stereocenters. The Bertz CT molecular complexity index is 887. The number of nitrogens with zero attached hydrogens (tertiary/aromatic N) is 3. The van der Waals surface area contributed by atoms with Crippen LogP contribution in [0.4, 0.5) is 0 Å². The Kier molecular flexibility index (Phi) is 4.47. The van der Waals surface area contributed by atoms with Crippen LogP contribution in [-0.4, -0.2) is 21.0 Å². The zero-order chi connectivity index (χ0) is 17.1. The second-order valence-electron chi connectivity index (χ2n) is 6.01. The summed E-state index contributed by atoms with van der Waals surface area (Å²) in [5.74, 6) is 0. The number of aryl methyl sites for hydroxylation is 1. The predicted octanol–water partition coefficient (Wildman–Crippen LogP) is 3.74. The molecule has 1 N–H and O–H groups in total. The van der Waals surface area contributed by atoms with Crippen LogP contribution in [0, 0.1) is 5.41 Å². The molecule has 1 aliphatic rings. The van der Waals surface area contributed by atoms with E-state index in [0.29, 0.717) is 5.49 Å². The van der Waals surface area contributed by atoms with Gasteiger partial charge >= 0.3 is 0 Å². The predicted molar refractivity (Wildman–Crippen MR) is 98.6 cm³/mol. The first kappa shape index (κ1) is 16.0. The second kappa shape index (κ2) is 6.71. The monoisotopic (exact) mass is 318 g/mol. The molecule has 122 valence electrons. The molecule has 4 heteroatoms. The molecular formula is C20H22N4. The zero-order valence-corrected chi connectivity index (χ0v) is 14.2. The standard InChI is InChI=1S/C20H22N4/c1-4-17-5-6-20(21)24(14-17)13-15(2)12-23-10-8-18-7-9-22-11-19(18)16(23)3/h5-11,13-14,21H,3-4,12H2,1-2H3/b15-13+,21-20?. The topological polar surface area (TPSA) is 44.9 Å². The molecule has 0 amide bonds. The molecule has 3 heterocycles. The van der Waals surface area contributed by atoms with Crippen LogP contribution in [-0.2, 0) is 6.42 Å². The maximum absolute atomic E-state index is 8.06. The number of hydrogen-bond acceptors (Lipinski definition) is 3. The molecular weight excluding hydrogens is 296 g/mol. The van der Waals surface area contributed by atoms with Gasteiger partial charge in [0.25, 0.3) is 0 Å². The van der Waals surface area contributed by atoms with Gasteiger partial charge in [0.2, 0.25) is 0 Å². The Morgan fingerprint density at radius 3 is 2.96 bits per heavy atom. The molecule has 0 aromatic carbocycles. The first-order valence-corrected chi connectivity index (χ1v) is 8.09. The lowest BCUT2D eigenvalue weighted by Gasteiger charge is -2.27. The van der Waals surface area contributed by atoms with Gasteiger partial charge in [-0.1, -0.05) is 19.6 Å². The van der Waals surface area contributed by atoms with Gasteiger partial charge in [0.05, 0.1) is 0 Å². The van der Waals surface area contributed by atoms with Crippen molar-refractivity contribution in [3.8, 4) is 0 Å². The third kappa shape index (κ3) is 3.23. The first-order chi connectivity index (χ1) is 11.6. The van der Waals surface area contributed by atoms with Crippen LogP contribution in [0.5, 0.6) is 0 Å². The SMILES string of the molecule is C=C1c2cnccc2C=CN1C/C(C)=C/n1cc(CC)ccc1=N. The maximum Gasteiger partial charge on any atom is 0.128 e. The Balaban J connectivity index is 1.82. The zero-order valence-electron chi connectivity index (χ0n) is 14.2. The molecule has 0 saturated carbocycles. The van der Waals surface area contributed by atoms with Crippen molar-refractivity contribution in [2.45, 2.75) is 20.3 Å². The molecule has 1 aliphatic heterocycles. The van der Waals surface area contributed by atoms with Crippen LogP contribution in [0.25, 0.3) is 18.0 Å². The Morgan fingerprint density at radius 2 is 2.17 bits per heavy atom. The van der Waals surface area contributed by atoms with Crippen molar-refractivity contribution in [2.75, 3.05) is 6.54 Å². The Hall–Kier alpha value is -2.88. The van der Waals surface area contributed by atoms with E-state index in [4.69, 9.17) is 5.41 Å². The van der Waals surface area contributed by atoms with Crippen molar-refractivity contribution < 1.29 is 0 Å². The van der Waals surface area contributed by atoms with Crippen LogP contribution in [0.2, 0.25) is 0 Å². The highest BCUT2D eigenvalue weighted by molar-refractivity contribution is 5.76. The summed E-state index contributed by atoms with van der Waals surface area (Å²) < 4.78 is 1.88. The highest BCUT2D eigenvalue weighted by Crippen LogP contribution is 2.27. The van der Waals surface area contributed by atoms with Crippen LogP contribution in [0.3, 0.4) is 0 Å². The summed E-state index contributed by atoms with van der Waals surface area (Å²) in [6.45, 7) is 9.13. The van der Waals surface area contributed by atoms with E-state index in [1.807, 2.05) is 41.4 Å². The number of hydrogen-bond donors (Lipinski definition) is 1. The molecule has 0 fully saturated rings. The average Bonchev–Trinajstić information content (AvgIpc) is 2.59. The van der Waals surface area contributed by atoms with Crippen LogP contribution < -0.4 is 5.49 Å². The van der Waals surface area contributed by atoms with E-state index in [0.717, 1.165) is 35.4 Å². The molecule has 24 heavy (non-hydrogen) atoms. The fraction of sp³-hybridized carbons (Fsp3) is 0.200. The van der Waals surface area contributed by atoms with E-state index in [1.165, 1.54) is 5.56 Å². The molecule has 0 aliphatic carbocycles. The van der Waals surface area contributed by atoms with Gasteiger partial charge in [0, 0.05) is 48.8 Å². The molecule has 4 nitrogen and oxygen atoms in total. The van der Waals surface area contributed by atoms with Gasteiger partial charge in [0.1, 0.15) is 5.49 Å². The van der Waals surface area contributed by atoms with Crippen molar-refractivity contribution in [2.24, 2.45) is 0 Å². The molecule has 0 spiro atoms. The van der Waals surface area contributed by atoms with Crippen LogP contribution >= 0.6 is 0 Å². The fourth-order valence-electron chi connectivity index (χ4n) is 2.78. The van der Waals surface area contributed by atoms with Crippen molar-refractivity contribution in [1.29, 1.82) is 5.41 Å². The van der Waals surface area contributed by atoms with Gasteiger partial charge in [-0.25, -0.2) is 0 Å². The molecule has 3 rings (SSSR count). The summed E-state index contributed by atoms with van der Waals surface area (Å²) in [5, 5.41) is 8.06. The summed E-state index contributed by atoms with van der Waals surface area (Å²) in [4.78, 5) is 6.31. The van der Waals surface area contributed by atoms with Crippen molar-refractivity contribution in [1.82, 2.24) is 14.5 Å². The van der Waals surface area contributed by atoms with E-state index in [-0.39, 0.29) is 0 Å². The quantitative estimate of drug-likeness (QED) is 0.933. The lowest BCUT2D eigenvalue weighted by Crippen LogP contribution is -2.21. The highest BCUT2D eigenvalue weighted by Gasteiger charge is 2.15. The van der Waals surface area contributed by atoms with Gasteiger partial charge < -0.3 is 9.47 Å². The van der Waals surface area contributed by atoms with E-state index in [2.05, 4.69) is 42.6 Å². The van der Waals surface area contributed by atoms with E-state index in [1.54, 1.807) is 6.20 Å². The van der Waals surface area contributed by atoms with Gasteiger partial charge in [-0.2, -0.15) is 0 Å². The van der Waals surface area contributed by atoms with Crippen molar-refractivity contribution >= 4 is 18.0 Å². The van der Waals surface area contributed by atoms with Gasteiger partial charge in [0.15, 0.2) is 0 Å². The number of aromatic nitrogens is 2. The highest BCUT2D eigenvalue weighted by atomic mass is 15.1. The summed E-state index contributed by atoms with van der Waals surface area (Å²) >= 11 is 0. The molecule has 0 radical (unpaired) electrons. The minimum Gasteiger partial charge on any atom is -0.344 e. The normalized spacial score (nSPS) is 14.0. The van der Waals surface area contributed by atoms with E-state index < -0.39 is 0 Å². The Labute approximate surface area is 142 Å². The molecule has 2 aromatic rings. The van der Waals surface area contributed by atoms with Crippen LogP contribution in [0.15, 0.2) is 55.1 Å². The molecule has 2 aromatic heterocycles. The molecule has 0 atom stereocenters. The van der Waals surface area contributed by atoms with Crippen molar-refractivity contribution in [3.63, 3.8) is 0 Å². The first-order valence-electron chi connectivity index (χ1n) is 8.09. The number of rotatable bonds is 4. The summed E-state index contributed by atoms with van der Waals surface area (Å²) in [5.41, 5.74) is 6.01. The van der Waals surface area contributed by atoms with Crippen LogP contribution in [0.1, 0.15) is 30.5 Å². The lowest BCUT2D eigenvalue weighted by atomic mass is 10.0. The minimum absolute atomic E-state index is 0.481. The third-order valence-electron chi connectivity index (χ3n) is 4.17. The van der Waals surface area contributed by atoms with Gasteiger partial charge in [-0.15, -0.1) is 0 Å². The third-order valence-corrected chi connectivity index (χ3v) is 4.17. The minimum atomic E-state index is 0.481. The van der Waals surface area contributed by atoms with Gasteiger partial charge in [-0.05, 0) is 48.3 Å². The molecule has 0 saturated heterocycles. The summed E-state index contributed by atoms with van der Waals surface area (Å²) in [6, 6.07) is 5.83.